The van der Waals surface area contributed by atoms with Crippen LogP contribution in [0.25, 0.3) is 27.5 Å². The highest BCUT2D eigenvalue weighted by atomic mass is 15.2. The Hall–Kier alpha value is -5.35. The van der Waals surface area contributed by atoms with E-state index >= 15 is 0 Å². The quantitative estimate of drug-likeness (QED) is 0.179. The summed E-state index contributed by atoms with van der Waals surface area (Å²) in [6.07, 6.45) is 11.4. The molecule has 0 amide bonds. The van der Waals surface area contributed by atoms with Gasteiger partial charge in [-0.05, 0) is 78.9 Å². The molecule has 6 aromatic rings. The normalized spacial score (nSPS) is 21.4. The van der Waals surface area contributed by atoms with Gasteiger partial charge in [0.25, 0.3) is 0 Å². The van der Waals surface area contributed by atoms with Crippen molar-refractivity contribution in [3.63, 3.8) is 0 Å². The molecule has 51 heavy (non-hydrogen) atoms. The van der Waals surface area contributed by atoms with Crippen molar-refractivity contribution in [3.05, 3.63) is 162 Å². The highest BCUT2D eigenvalue weighted by molar-refractivity contribution is 6.09. The van der Waals surface area contributed by atoms with E-state index in [0.717, 1.165) is 17.8 Å². The Morgan fingerprint density at radius 2 is 1.31 bits per heavy atom. The summed E-state index contributed by atoms with van der Waals surface area (Å²) in [5.41, 5.74) is 10.4. The second-order valence-corrected chi connectivity index (χ2v) is 15.9. The minimum absolute atomic E-state index is 0.218. The summed E-state index contributed by atoms with van der Waals surface area (Å²) in [5.74, 6) is 0.468. The molecule has 0 saturated carbocycles. The number of hydrogen-bond donors (Lipinski definition) is 1. The first-order valence-electron chi connectivity index (χ1n) is 18.5. The van der Waals surface area contributed by atoms with Gasteiger partial charge in [0, 0.05) is 63.0 Å². The van der Waals surface area contributed by atoms with Gasteiger partial charge in [-0.15, -0.1) is 0 Å². The van der Waals surface area contributed by atoms with Crippen molar-refractivity contribution in [1.82, 2.24) is 9.88 Å². The molecule has 4 nitrogen and oxygen atoms in total. The zero-order valence-electron chi connectivity index (χ0n) is 30.3. The van der Waals surface area contributed by atoms with E-state index < -0.39 is 0 Å². The molecule has 3 unspecified atom stereocenters. The Morgan fingerprint density at radius 1 is 0.706 bits per heavy atom. The van der Waals surface area contributed by atoms with Crippen molar-refractivity contribution < 1.29 is 0 Å². The molecule has 9 rings (SSSR count). The van der Waals surface area contributed by atoms with E-state index in [-0.39, 0.29) is 16.4 Å². The van der Waals surface area contributed by atoms with Gasteiger partial charge >= 0.3 is 0 Å². The van der Waals surface area contributed by atoms with Gasteiger partial charge in [0.2, 0.25) is 0 Å². The molecule has 4 heteroatoms. The number of aromatic nitrogens is 1. The smallest absolute Gasteiger partial charge is 0.0785 e. The van der Waals surface area contributed by atoms with Crippen LogP contribution in [0.2, 0.25) is 0 Å². The van der Waals surface area contributed by atoms with E-state index in [9.17, 15) is 0 Å². The maximum Gasteiger partial charge on any atom is 0.0785 e. The minimum atomic E-state index is -0.367. The highest BCUT2D eigenvalue weighted by Crippen LogP contribution is 2.49. The van der Waals surface area contributed by atoms with Crippen molar-refractivity contribution in [3.8, 4) is 5.69 Å². The van der Waals surface area contributed by atoms with Crippen LogP contribution in [0.3, 0.4) is 0 Å². The molecule has 0 bridgehead atoms. The first-order valence-corrected chi connectivity index (χ1v) is 18.5. The van der Waals surface area contributed by atoms with Crippen molar-refractivity contribution in [2.24, 2.45) is 4.99 Å². The van der Waals surface area contributed by atoms with Crippen LogP contribution in [0.15, 0.2) is 150 Å². The molecule has 1 aromatic heterocycles. The van der Waals surface area contributed by atoms with Gasteiger partial charge in [-0.1, -0.05) is 119 Å². The van der Waals surface area contributed by atoms with Crippen molar-refractivity contribution in [2.75, 3.05) is 4.90 Å². The highest BCUT2D eigenvalue weighted by Gasteiger charge is 2.44. The average molecular weight is 667 g/mol. The summed E-state index contributed by atoms with van der Waals surface area (Å²) in [5, 5.41) is 6.38. The predicted molar refractivity (Wildman–Crippen MR) is 215 cm³/mol. The zero-order chi connectivity index (χ0) is 35.0. The third kappa shape index (κ3) is 4.83. The van der Waals surface area contributed by atoms with Gasteiger partial charge in [0.15, 0.2) is 0 Å². The number of benzene rings is 5. The van der Waals surface area contributed by atoms with Gasteiger partial charge in [-0.3, -0.25) is 4.99 Å². The molecule has 5 aromatic carbocycles. The van der Waals surface area contributed by atoms with Crippen LogP contribution in [0.4, 0.5) is 11.4 Å². The van der Waals surface area contributed by atoms with E-state index in [2.05, 4.69) is 195 Å². The molecule has 3 aliphatic rings. The molecule has 254 valence electrons. The van der Waals surface area contributed by atoms with Crippen molar-refractivity contribution in [1.29, 1.82) is 0 Å². The van der Waals surface area contributed by atoms with E-state index in [1.807, 2.05) is 0 Å². The van der Waals surface area contributed by atoms with Gasteiger partial charge in [0.1, 0.15) is 0 Å². The molecule has 0 fully saturated rings. The Balaban J connectivity index is 0.954. The molecule has 0 saturated heterocycles. The molecule has 3 atom stereocenters. The van der Waals surface area contributed by atoms with Gasteiger partial charge in [-0.2, -0.15) is 0 Å². The predicted octanol–water partition coefficient (Wildman–Crippen LogP) is 11.3. The lowest BCUT2D eigenvalue weighted by Gasteiger charge is -2.45. The number of aliphatic imine (C=N–C) groups is 1. The maximum absolute atomic E-state index is 5.18. The monoisotopic (exact) mass is 666 g/mol. The van der Waals surface area contributed by atoms with Crippen LogP contribution in [0, 0.1) is 0 Å². The van der Waals surface area contributed by atoms with Crippen LogP contribution >= 0.6 is 0 Å². The number of nitrogens with one attached hydrogen (secondary N) is 1. The Kier molecular flexibility index (Phi) is 7.19. The summed E-state index contributed by atoms with van der Waals surface area (Å²) in [4.78, 5) is 7.76. The largest absolute Gasteiger partial charge is 0.378 e. The number of rotatable bonds is 6. The van der Waals surface area contributed by atoms with Crippen LogP contribution in [-0.4, -0.2) is 22.4 Å². The van der Waals surface area contributed by atoms with Crippen molar-refractivity contribution in [2.45, 2.75) is 75.8 Å². The number of para-hydroxylation sites is 3. The van der Waals surface area contributed by atoms with Crippen LogP contribution in [0.5, 0.6) is 0 Å². The minimum Gasteiger partial charge on any atom is -0.378 e. The Bertz CT molecular complexity index is 2320. The molecule has 1 aliphatic carbocycles. The third-order valence-electron chi connectivity index (χ3n) is 12.5. The molecular formula is C47H46N4. The van der Waals surface area contributed by atoms with Gasteiger partial charge < -0.3 is 14.8 Å². The standard InChI is InChI=1S/C47H46N4/c1-45(2,32-22-26-34(27-23-32)50-40-18-10-6-14-36(40)37-15-7-11-19-41(37)50)44-30-49-47(5,31-48-44)46(3,4)33-24-28-35(29-25-33)51-42-20-12-8-16-38(42)39-17-9-13-21-43(39)51/h6-12,14-20,22-31,39,43,49H,13,21H2,1-5H3. The lowest BCUT2D eigenvalue weighted by atomic mass is 9.68. The summed E-state index contributed by atoms with van der Waals surface area (Å²) in [6.45, 7) is 11.4. The summed E-state index contributed by atoms with van der Waals surface area (Å²) >= 11 is 0. The second kappa shape index (κ2) is 11.6. The SMILES string of the molecule is CC(C)(C1=CNC(C)(C(C)(C)c2ccc(N3c4ccccc4C4C=CCCC43)cc2)C=N1)c1ccc(-n2c3ccccc3c3ccccc32)cc1. The van der Waals surface area contributed by atoms with Gasteiger partial charge in [-0.25, -0.2) is 0 Å². The summed E-state index contributed by atoms with van der Waals surface area (Å²) < 4.78 is 2.37. The third-order valence-corrected chi connectivity index (χ3v) is 12.5. The van der Waals surface area contributed by atoms with Crippen LogP contribution < -0.4 is 10.2 Å². The Labute approximate surface area is 301 Å². The topological polar surface area (TPSA) is 32.6 Å². The van der Waals surface area contributed by atoms with E-state index in [0.29, 0.717) is 12.0 Å². The lowest BCUT2D eigenvalue weighted by Crippen LogP contribution is -2.57. The second-order valence-electron chi connectivity index (χ2n) is 15.9. The van der Waals surface area contributed by atoms with E-state index in [4.69, 9.17) is 4.99 Å². The van der Waals surface area contributed by atoms with Gasteiger partial charge in [0.05, 0.1) is 22.3 Å². The number of anilines is 2. The molecule has 0 spiro atoms. The summed E-state index contributed by atoms with van der Waals surface area (Å²) in [6, 6.07) is 45.1. The van der Waals surface area contributed by atoms with Crippen molar-refractivity contribution >= 4 is 39.4 Å². The molecule has 2 aliphatic heterocycles. The van der Waals surface area contributed by atoms with Crippen LogP contribution in [0.1, 0.15) is 70.1 Å². The molecule has 0 radical (unpaired) electrons. The first kappa shape index (κ1) is 31.6. The van der Waals surface area contributed by atoms with E-state index in [1.54, 1.807) is 0 Å². The fraction of sp³-hybridized carbons (Fsp3) is 0.255. The molecule has 1 N–H and O–H groups in total. The number of hydrogen-bond acceptors (Lipinski definition) is 3. The number of allylic oxidation sites excluding steroid dienone is 2. The Morgan fingerprint density at radius 3 is 1.98 bits per heavy atom. The van der Waals surface area contributed by atoms with Crippen LogP contribution in [-0.2, 0) is 10.8 Å². The fourth-order valence-corrected chi connectivity index (χ4v) is 8.81. The number of nitrogens with zero attached hydrogens (tertiary/aromatic N) is 3. The molecule has 3 heterocycles. The molecular weight excluding hydrogens is 621 g/mol. The first-order chi connectivity index (χ1) is 24.7. The zero-order valence-corrected chi connectivity index (χ0v) is 30.3. The average Bonchev–Trinajstić information content (AvgIpc) is 3.68. The van der Waals surface area contributed by atoms with E-state index in [1.165, 1.54) is 56.3 Å². The summed E-state index contributed by atoms with van der Waals surface area (Å²) in [7, 11) is 0. The number of fused-ring (bicyclic) bond motifs is 6. The lowest BCUT2D eigenvalue weighted by molar-refractivity contribution is 0.326. The fourth-order valence-electron chi connectivity index (χ4n) is 8.81. The maximum atomic E-state index is 5.18.